The molecule has 20 heavy (non-hydrogen) atoms. The third kappa shape index (κ3) is 3.41. The topological polar surface area (TPSA) is 50.2 Å². The fraction of sp³-hybridized carbons (Fsp3) is 0.714. The molecule has 1 aromatic rings. The summed E-state index contributed by atoms with van der Waals surface area (Å²) in [7, 11) is 0. The van der Waals surface area contributed by atoms with E-state index >= 15 is 0 Å². The molecule has 1 N–H and O–H groups in total. The molecule has 1 aromatic heterocycles. The minimum Gasteiger partial charge on any atom is -0.368 e. The van der Waals surface area contributed by atoms with Crippen molar-refractivity contribution < 1.29 is 0 Å². The second-order valence-electron chi connectivity index (χ2n) is 5.21. The van der Waals surface area contributed by atoms with Gasteiger partial charge in [-0.2, -0.15) is 5.10 Å². The number of hydrogen-bond donors (Lipinski definition) is 1. The van der Waals surface area contributed by atoms with Crippen LogP contribution in [-0.2, 0) is 6.54 Å². The molecule has 1 atom stereocenters. The highest BCUT2D eigenvalue weighted by molar-refractivity contribution is 9.10. The Morgan fingerprint density at radius 1 is 1.50 bits per heavy atom. The lowest BCUT2D eigenvalue weighted by atomic mass is 10.1. The molecular formula is C14H23BrN4O. The van der Waals surface area contributed by atoms with Gasteiger partial charge in [0.2, 0.25) is 0 Å². The smallest absolute Gasteiger partial charge is 0.283 e. The number of aromatic nitrogens is 2. The molecule has 1 aliphatic heterocycles. The fourth-order valence-corrected chi connectivity index (χ4v) is 3.26. The van der Waals surface area contributed by atoms with Crippen LogP contribution in [0.15, 0.2) is 15.5 Å². The first-order valence-electron chi connectivity index (χ1n) is 7.41. The van der Waals surface area contributed by atoms with Crippen molar-refractivity contribution in [1.82, 2.24) is 15.1 Å². The van der Waals surface area contributed by atoms with Crippen molar-refractivity contribution in [2.24, 2.45) is 0 Å². The van der Waals surface area contributed by atoms with Gasteiger partial charge in [-0.15, -0.1) is 0 Å². The van der Waals surface area contributed by atoms with Crippen LogP contribution < -0.4 is 15.8 Å². The van der Waals surface area contributed by atoms with E-state index in [1.165, 1.54) is 11.1 Å². The Morgan fingerprint density at radius 2 is 2.30 bits per heavy atom. The van der Waals surface area contributed by atoms with Crippen LogP contribution in [0.5, 0.6) is 0 Å². The summed E-state index contributed by atoms with van der Waals surface area (Å²) in [5.41, 5.74) is 0.889. The molecule has 0 aromatic carbocycles. The molecule has 0 radical (unpaired) electrons. The molecule has 0 bridgehead atoms. The van der Waals surface area contributed by atoms with Crippen LogP contribution >= 0.6 is 15.9 Å². The number of rotatable bonds is 5. The molecule has 2 heterocycles. The van der Waals surface area contributed by atoms with Crippen LogP contribution in [0.25, 0.3) is 0 Å². The van der Waals surface area contributed by atoms with Crippen LogP contribution in [0.4, 0.5) is 5.69 Å². The first kappa shape index (κ1) is 15.5. The highest BCUT2D eigenvalue weighted by Gasteiger charge is 2.22. The van der Waals surface area contributed by atoms with Gasteiger partial charge in [0.1, 0.15) is 4.47 Å². The molecule has 1 fully saturated rings. The maximum atomic E-state index is 12.2. The monoisotopic (exact) mass is 342 g/mol. The Morgan fingerprint density at radius 3 is 3.00 bits per heavy atom. The Balaban J connectivity index is 2.20. The van der Waals surface area contributed by atoms with E-state index in [0.29, 0.717) is 17.1 Å². The first-order chi connectivity index (χ1) is 9.67. The van der Waals surface area contributed by atoms with Crippen molar-refractivity contribution in [2.45, 2.75) is 45.7 Å². The zero-order valence-electron chi connectivity index (χ0n) is 12.2. The minimum atomic E-state index is -0.0325. The number of aryl methyl sites for hydroxylation is 1. The maximum absolute atomic E-state index is 12.2. The van der Waals surface area contributed by atoms with Crippen LogP contribution in [0.2, 0.25) is 0 Å². The fourth-order valence-electron chi connectivity index (χ4n) is 2.70. The lowest BCUT2D eigenvalue weighted by Crippen LogP contribution is -2.46. The predicted molar refractivity (Wildman–Crippen MR) is 85.4 cm³/mol. The Kier molecular flexibility index (Phi) is 5.60. The molecule has 0 saturated carbocycles. The lowest BCUT2D eigenvalue weighted by molar-refractivity contribution is 0.430. The molecule has 2 rings (SSSR count). The van der Waals surface area contributed by atoms with E-state index < -0.39 is 0 Å². The number of anilines is 1. The van der Waals surface area contributed by atoms with Gasteiger partial charge in [0.15, 0.2) is 0 Å². The van der Waals surface area contributed by atoms with Gasteiger partial charge in [0.25, 0.3) is 5.56 Å². The largest absolute Gasteiger partial charge is 0.368 e. The summed E-state index contributed by atoms with van der Waals surface area (Å²) in [5.74, 6) is 0. The predicted octanol–water partition coefficient (Wildman–Crippen LogP) is 1.99. The number of halogens is 1. The van der Waals surface area contributed by atoms with E-state index in [9.17, 15) is 4.79 Å². The van der Waals surface area contributed by atoms with Gasteiger partial charge >= 0.3 is 0 Å². The molecular weight excluding hydrogens is 320 g/mol. The Labute approximate surface area is 128 Å². The van der Waals surface area contributed by atoms with Crippen molar-refractivity contribution >= 4 is 21.6 Å². The van der Waals surface area contributed by atoms with Crippen molar-refractivity contribution in [1.29, 1.82) is 0 Å². The van der Waals surface area contributed by atoms with E-state index in [-0.39, 0.29) is 5.56 Å². The molecule has 1 saturated heterocycles. The molecule has 1 aliphatic rings. The van der Waals surface area contributed by atoms with Crippen LogP contribution in [0.3, 0.4) is 0 Å². The molecule has 112 valence electrons. The summed E-state index contributed by atoms with van der Waals surface area (Å²) in [6.07, 6.45) is 5.06. The normalized spacial score (nSPS) is 19.4. The van der Waals surface area contributed by atoms with Gasteiger partial charge < -0.3 is 10.2 Å². The Hall–Kier alpha value is -0.880. The third-order valence-corrected chi connectivity index (χ3v) is 4.40. The summed E-state index contributed by atoms with van der Waals surface area (Å²) in [6.45, 7) is 7.74. The van der Waals surface area contributed by atoms with E-state index in [1.807, 2.05) is 13.1 Å². The quantitative estimate of drug-likeness (QED) is 0.888. The molecule has 0 aliphatic carbocycles. The summed E-state index contributed by atoms with van der Waals surface area (Å²) in [5, 5.41) is 7.78. The number of likely N-dealkylation sites (N-methyl/N-ethyl adjacent to an activating group) is 1. The number of hydrogen-bond acceptors (Lipinski definition) is 4. The van der Waals surface area contributed by atoms with E-state index in [1.54, 1.807) is 0 Å². The van der Waals surface area contributed by atoms with Gasteiger partial charge in [0.05, 0.1) is 11.9 Å². The second-order valence-corrected chi connectivity index (χ2v) is 6.01. The van der Waals surface area contributed by atoms with Gasteiger partial charge in [-0.25, -0.2) is 4.68 Å². The Bertz CT molecular complexity index is 500. The highest BCUT2D eigenvalue weighted by atomic mass is 79.9. The van der Waals surface area contributed by atoms with Crippen LogP contribution in [0.1, 0.15) is 33.1 Å². The van der Waals surface area contributed by atoms with Crippen molar-refractivity contribution in [2.75, 3.05) is 24.5 Å². The zero-order valence-corrected chi connectivity index (χ0v) is 13.8. The van der Waals surface area contributed by atoms with Crippen molar-refractivity contribution in [3.8, 4) is 0 Å². The minimum absolute atomic E-state index is 0.0325. The van der Waals surface area contributed by atoms with Gasteiger partial charge in [-0.3, -0.25) is 4.79 Å². The van der Waals surface area contributed by atoms with E-state index in [2.05, 4.69) is 38.2 Å². The average molecular weight is 343 g/mol. The van der Waals surface area contributed by atoms with Crippen molar-refractivity contribution in [3.63, 3.8) is 0 Å². The van der Waals surface area contributed by atoms with E-state index in [4.69, 9.17) is 0 Å². The van der Waals surface area contributed by atoms with Gasteiger partial charge in [-0.1, -0.05) is 13.8 Å². The standard InChI is InChI=1S/C14H23BrN4O/c1-3-7-19-14(20)13(15)12(9-17-19)18-8-5-6-11(10-18)16-4-2/h9,11,16H,3-8,10H2,1-2H3. The highest BCUT2D eigenvalue weighted by Crippen LogP contribution is 2.25. The second kappa shape index (κ2) is 7.22. The maximum Gasteiger partial charge on any atom is 0.283 e. The van der Waals surface area contributed by atoms with Crippen LogP contribution in [0, 0.1) is 0 Å². The number of piperidine rings is 1. The molecule has 5 nitrogen and oxygen atoms in total. The van der Waals surface area contributed by atoms with Gasteiger partial charge in [0, 0.05) is 25.7 Å². The summed E-state index contributed by atoms with van der Waals surface area (Å²) in [6, 6.07) is 0.499. The number of nitrogens with one attached hydrogen (secondary N) is 1. The van der Waals surface area contributed by atoms with E-state index in [0.717, 1.165) is 38.2 Å². The van der Waals surface area contributed by atoms with Crippen LogP contribution in [-0.4, -0.2) is 35.5 Å². The summed E-state index contributed by atoms with van der Waals surface area (Å²) in [4.78, 5) is 14.5. The number of nitrogens with zero attached hydrogens (tertiary/aromatic N) is 3. The first-order valence-corrected chi connectivity index (χ1v) is 8.20. The summed E-state index contributed by atoms with van der Waals surface area (Å²) >= 11 is 3.46. The summed E-state index contributed by atoms with van der Waals surface area (Å²) < 4.78 is 2.16. The average Bonchev–Trinajstić information content (AvgIpc) is 2.45. The molecule has 6 heteroatoms. The lowest BCUT2D eigenvalue weighted by Gasteiger charge is -2.35. The molecule has 1 unspecified atom stereocenters. The third-order valence-electron chi connectivity index (χ3n) is 3.66. The molecule has 0 spiro atoms. The van der Waals surface area contributed by atoms with Gasteiger partial charge in [-0.05, 0) is 41.7 Å². The SMILES string of the molecule is CCCn1ncc(N2CCCC(NCC)C2)c(Br)c1=O. The zero-order chi connectivity index (χ0) is 14.5. The molecule has 0 amide bonds. The van der Waals surface area contributed by atoms with Crippen molar-refractivity contribution in [3.05, 3.63) is 21.0 Å².